The molecule has 2 N–H and O–H groups in total. The first-order valence-electron chi connectivity index (χ1n) is 10.0. The number of benzene rings is 1. The van der Waals surface area contributed by atoms with E-state index in [9.17, 15) is 18.4 Å². The lowest BCUT2D eigenvalue weighted by atomic mass is 10.1. The van der Waals surface area contributed by atoms with Gasteiger partial charge in [-0.2, -0.15) is 5.10 Å². The molecule has 3 heterocycles. The third-order valence-electron chi connectivity index (χ3n) is 5.22. The van der Waals surface area contributed by atoms with Crippen molar-refractivity contribution in [3.8, 4) is 17.0 Å². The molecule has 1 saturated heterocycles. The second kappa shape index (κ2) is 8.40. The molecule has 166 valence electrons. The summed E-state index contributed by atoms with van der Waals surface area (Å²) in [5, 5.41) is 4.36. The second-order valence-corrected chi connectivity index (χ2v) is 7.38. The van der Waals surface area contributed by atoms with Crippen molar-refractivity contribution >= 4 is 23.5 Å². The van der Waals surface area contributed by atoms with Gasteiger partial charge in [0.2, 0.25) is 5.91 Å². The Bertz CT molecular complexity index is 996. The van der Waals surface area contributed by atoms with Gasteiger partial charge in [-0.25, -0.2) is 18.5 Å². The van der Waals surface area contributed by atoms with E-state index in [2.05, 4.69) is 5.10 Å². The van der Waals surface area contributed by atoms with Gasteiger partial charge in [-0.3, -0.25) is 9.48 Å². The molecule has 1 atom stereocenters. The number of rotatable bonds is 7. The molecule has 0 bridgehead atoms. The van der Waals surface area contributed by atoms with E-state index < -0.39 is 24.5 Å². The molecular weight excluding hydrogens is 412 g/mol. The highest BCUT2D eigenvalue weighted by Crippen LogP contribution is 2.38. The lowest BCUT2D eigenvalue weighted by Gasteiger charge is -2.23. The molecule has 1 fully saturated rings. The van der Waals surface area contributed by atoms with Gasteiger partial charge in [-0.1, -0.05) is 6.92 Å². The maximum atomic E-state index is 13.3. The van der Waals surface area contributed by atoms with Gasteiger partial charge in [0.15, 0.2) is 5.82 Å². The van der Waals surface area contributed by atoms with Crippen LogP contribution in [-0.4, -0.2) is 60.6 Å². The highest BCUT2D eigenvalue weighted by atomic mass is 19.3. The van der Waals surface area contributed by atoms with Crippen LogP contribution in [0.15, 0.2) is 24.3 Å². The third-order valence-corrected chi connectivity index (χ3v) is 5.22. The average molecular weight is 435 g/mol. The fraction of sp³-hybridized carbons (Fsp3) is 0.450. The van der Waals surface area contributed by atoms with Gasteiger partial charge >= 0.3 is 6.09 Å². The number of carbonyl (C=O) groups excluding carboxylic acids is 2. The van der Waals surface area contributed by atoms with Crippen LogP contribution in [0.2, 0.25) is 0 Å². The van der Waals surface area contributed by atoms with Crippen LogP contribution in [0.25, 0.3) is 11.3 Å². The normalized spacial score (nSPS) is 17.6. The molecule has 1 aromatic carbocycles. The zero-order valence-corrected chi connectivity index (χ0v) is 17.0. The molecule has 0 aliphatic carbocycles. The zero-order chi connectivity index (χ0) is 22.1. The number of ether oxygens (including phenoxy) is 2. The number of hydrogen-bond acceptors (Lipinski definition) is 6. The van der Waals surface area contributed by atoms with E-state index in [0.29, 0.717) is 36.7 Å². The number of cyclic esters (lactones) is 1. The molecule has 0 radical (unpaired) electrons. The minimum absolute atomic E-state index is 0.0841. The Morgan fingerprint density at radius 3 is 2.87 bits per heavy atom. The summed E-state index contributed by atoms with van der Waals surface area (Å²) in [5.74, 6) is 0.252. The van der Waals surface area contributed by atoms with E-state index in [-0.39, 0.29) is 19.0 Å². The Hall–Kier alpha value is -3.37. The van der Waals surface area contributed by atoms with Crippen LogP contribution in [0, 0.1) is 0 Å². The number of anilines is 2. The summed E-state index contributed by atoms with van der Waals surface area (Å²) < 4.78 is 39.0. The van der Waals surface area contributed by atoms with Gasteiger partial charge in [0.25, 0.3) is 6.43 Å². The Balaban J connectivity index is 1.70. The predicted octanol–water partition coefficient (Wildman–Crippen LogP) is 2.23. The molecule has 2 aliphatic rings. The van der Waals surface area contributed by atoms with Crippen molar-refractivity contribution in [2.45, 2.75) is 32.4 Å². The molecule has 0 saturated carbocycles. The average Bonchev–Trinajstić information content (AvgIpc) is 3.26. The summed E-state index contributed by atoms with van der Waals surface area (Å²) in [4.78, 5) is 26.2. The van der Waals surface area contributed by atoms with E-state index in [1.807, 2.05) is 30.0 Å². The number of amides is 2. The molecule has 2 aliphatic heterocycles. The van der Waals surface area contributed by atoms with Crippen molar-refractivity contribution in [2.75, 3.05) is 36.1 Å². The number of alkyl halides is 2. The maximum Gasteiger partial charge on any atom is 0.416 e. The number of fused-ring (bicyclic) bond motifs is 3. The maximum absolute atomic E-state index is 13.3. The molecule has 0 spiro atoms. The molecule has 1 unspecified atom stereocenters. The Morgan fingerprint density at radius 1 is 1.35 bits per heavy atom. The number of nitrogens with zero attached hydrogens (tertiary/aromatic N) is 4. The van der Waals surface area contributed by atoms with E-state index in [1.165, 1.54) is 0 Å². The largest absolute Gasteiger partial charge is 0.491 e. The highest BCUT2D eigenvalue weighted by molar-refractivity contribution is 5.90. The first kappa shape index (κ1) is 20.9. The van der Waals surface area contributed by atoms with Crippen molar-refractivity contribution in [3.63, 3.8) is 0 Å². The van der Waals surface area contributed by atoms with Crippen molar-refractivity contribution in [1.82, 2.24) is 9.78 Å². The van der Waals surface area contributed by atoms with Crippen LogP contribution in [-0.2, 0) is 16.1 Å². The molecule has 1 aromatic heterocycles. The fourth-order valence-electron chi connectivity index (χ4n) is 3.83. The van der Waals surface area contributed by atoms with Gasteiger partial charge in [0.05, 0.1) is 18.8 Å². The van der Waals surface area contributed by atoms with Gasteiger partial charge in [-0.15, -0.1) is 0 Å². The monoisotopic (exact) mass is 435 g/mol. The van der Waals surface area contributed by atoms with E-state index in [0.717, 1.165) is 17.0 Å². The number of primary amides is 1. The Morgan fingerprint density at radius 2 is 2.16 bits per heavy atom. The summed E-state index contributed by atoms with van der Waals surface area (Å²) >= 11 is 0. The van der Waals surface area contributed by atoms with Crippen molar-refractivity contribution in [2.24, 2.45) is 5.73 Å². The molecule has 11 heteroatoms. The molecule has 31 heavy (non-hydrogen) atoms. The van der Waals surface area contributed by atoms with Crippen molar-refractivity contribution < 1.29 is 27.8 Å². The number of aromatic nitrogens is 2. The van der Waals surface area contributed by atoms with E-state index in [1.54, 1.807) is 10.7 Å². The summed E-state index contributed by atoms with van der Waals surface area (Å²) in [6, 6.07) is 5.70. The smallest absolute Gasteiger partial charge is 0.416 e. The zero-order valence-electron chi connectivity index (χ0n) is 17.0. The highest BCUT2D eigenvalue weighted by Gasteiger charge is 2.42. The van der Waals surface area contributed by atoms with E-state index in [4.69, 9.17) is 15.2 Å². The summed E-state index contributed by atoms with van der Waals surface area (Å²) in [7, 11) is 0. The lowest BCUT2D eigenvalue weighted by Crippen LogP contribution is -2.39. The van der Waals surface area contributed by atoms with Crippen LogP contribution >= 0.6 is 0 Å². The number of halogens is 2. The van der Waals surface area contributed by atoms with Crippen LogP contribution in [0.5, 0.6) is 5.75 Å². The number of hydrogen-bond donors (Lipinski definition) is 1. The Kier molecular flexibility index (Phi) is 5.66. The topological polar surface area (TPSA) is 103 Å². The first-order valence-corrected chi connectivity index (χ1v) is 10.0. The minimum Gasteiger partial charge on any atom is -0.491 e. The summed E-state index contributed by atoms with van der Waals surface area (Å²) in [6.45, 7) is 3.04. The first-order chi connectivity index (χ1) is 14.9. The SMILES string of the molecule is CCCN(CC(N)=O)c1ccc2c(c1)OCCn1nc(N3C(=O)OCC3C(F)F)cc1-2. The molecule has 2 amide bonds. The molecular formula is C20H23F2N5O4. The minimum atomic E-state index is -2.75. The second-order valence-electron chi connectivity index (χ2n) is 7.38. The lowest BCUT2D eigenvalue weighted by molar-refractivity contribution is -0.116. The third kappa shape index (κ3) is 3.99. The Labute approximate surface area is 177 Å². The van der Waals surface area contributed by atoms with Crippen molar-refractivity contribution in [1.29, 1.82) is 0 Å². The summed E-state index contributed by atoms with van der Waals surface area (Å²) in [6.07, 6.45) is -2.76. The van der Waals surface area contributed by atoms with E-state index >= 15 is 0 Å². The van der Waals surface area contributed by atoms with Crippen LogP contribution in [0.4, 0.5) is 25.1 Å². The fourth-order valence-corrected chi connectivity index (χ4v) is 3.83. The number of carbonyl (C=O) groups is 2. The van der Waals surface area contributed by atoms with Crippen LogP contribution < -0.4 is 20.3 Å². The predicted molar refractivity (Wildman–Crippen MR) is 108 cm³/mol. The number of nitrogens with two attached hydrogens (primary N) is 1. The van der Waals surface area contributed by atoms with Crippen LogP contribution in [0.3, 0.4) is 0 Å². The molecule has 4 rings (SSSR count). The van der Waals surface area contributed by atoms with Gasteiger partial charge in [0, 0.05) is 29.9 Å². The van der Waals surface area contributed by atoms with Gasteiger partial charge in [0.1, 0.15) is 25.0 Å². The van der Waals surface area contributed by atoms with Gasteiger partial charge in [-0.05, 0) is 18.6 Å². The van der Waals surface area contributed by atoms with Crippen molar-refractivity contribution in [3.05, 3.63) is 24.3 Å². The molecule has 2 aromatic rings. The molecule has 9 nitrogen and oxygen atoms in total. The standard InChI is InChI=1S/C20H23F2N5O4/c1-2-5-25(10-17(23)28)12-3-4-13-14-9-18(24-26(14)6-7-30-16(13)8-12)27-15(19(21)22)11-31-20(27)29/h3-4,8-9,15,19H,2,5-7,10-11H2,1H3,(H2,23,28). The van der Waals surface area contributed by atoms with Gasteiger partial charge < -0.3 is 20.1 Å². The quantitative estimate of drug-likeness (QED) is 0.716. The van der Waals surface area contributed by atoms with Crippen LogP contribution in [0.1, 0.15) is 13.3 Å². The summed E-state index contributed by atoms with van der Waals surface area (Å²) in [5.41, 5.74) is 7.50.